The molecule has 1 atom stereocenters. The van der Waals surface area contributed by atoms with Gasteiger partial charge in [-0.25, -0.2) is 13.1 Å². The number of nitrogens with zero attached hydrogens (tertiary/aromatic N) is 1. The highest BCUT2D eigenvalue weighted by Gasteiger charge is 2.26. The molecular formula is C22H24N4O3S. The predicted octanol–water partition coefficient (Wildman–Crippen LogP) is 2.74. The Labute approximate surface area is 176 Å². The number of aromatic nitrogens is 2. The third-order valence-electron chi connectivity index (χ3n) is 5.34. The van der Waals surface area contributed by atoms with Crippen molar-refractivity contribution < 1.29 is 13.2 Å². The van der Waals surface area contributed by atoms with Gasteiger partial charge in [-0.05, 0) is 66.6 Å². The summed E-state index contributed by atoms with van der Waals surface area (Å²) in [6.07, 6.45) is 6.54. The number of hydrogen-bond donors (Lipinski definition) is 3. The molecule has 4 rings (SSSR count). The molecule has 8 heteroatoms. The molecule has 2 aromatic carbocycles. The van der Waals surface area contributed by atoms with Crippen molar-refractivity contribution in [1.82, 2.24) is 20.2 Å². The van der Waals surface area contributed by atoms with Gasteiger partial charge in [0.05, 0.1) is 17.1 Å². The van der Waals surface area contributed by atoms with Crippen molar-refractivity contribution in [2.45, 2.75) is 36.6 Å². The second-order valence-electron chi connectivity index (χ2n) is 7.40. The lowest BCUT2D eigenvalue weighted by Gasteiger charge is -2.15. The van der Waals surface area contributed by atoms with Crippen LogP contribution in [0.4, 0.5) is 0 Å². The van der Waals surface area contributed by atoms with Crippen LogP contribution in [0.25, 0.3) is 0 Å². The molecule has 30 heavy (non-hydrogen) atoms. The Morgan fingerprint density at radius 2 is 2.00 bits per heavy atom. The molecule has 7 nitrogen and oxygen atoms in total. The van der Waals surface area contributed by atoms with Crippen LogP contribution < -0.4 is 10.0 Å². The van der Waals surface area contributed by atoms with Crippen LogP contribution in [0.5, 0.6) is 0 Å². The maximum absolute atomic E-state index is 12.7. The zero-order chi connectivity index (χ0) is 21.0. The number of fused-ring (bicyclic) bond motifs is 1. The van der Waals surface area contributed by atoms with Gasteiger partial charge in [-0.1, -0.05) is 24.3 Å². The fourth-order valence-electron chi connectivity index (χ4n) is 3.73. The van der Waals surface area contributed by atoms with Gasteiger partial charge in [0.1, 0.15) is 0 Å². The number of H-pyrrole nitrogens is 1. The van der Waals surface area contributed by atoms with Crippen molar-refractivity contribution in [1.29, 1.82) is 0 Å². The van der Waals surface area contributed by atoms with Crippen LogP contribution in [0.3, 0.4) is 0 Å². The Balaban J connectivity index is 1.42. The summed E-state index contributed by atoms with van der Waals surface area (Å²) in [5.74, 6) is -0.154. The number of benzene rings is 2. The highest BCUT2D eigenvalue weighted by molar-refractivity contribution is 7.89. The number of hydrogen-bond acceptors (Lipinski definition) is 4. The summed E-state index contributed by atoms with van der Waals surface area (Å²) in [5, 5.41) is 9.66. The molecule has 1 amide bonds. The molecule has 3 aromatic rings. The molecule has 1 aliphatic carbocycles. The van der Waals surface area contributed by atoms with Crippen LogP contribution in [0.15, 0.2) is 65.8 Å². The van der Waals surface area contributed by atoms with Crippen LogP contribution in [0, 0.1) is 0 Å². The summed E-state index contributed by atoms with van der Waals surface area (Å²) >= 11 is 0. The van der Waals surface area contributed by atoms with E-state index in [1.165, 1.54) is 0 Å². The predicted molar refractivity (Wildman–Crippen MR) is 114 cm³/mol. The number of aromatic amines is 1. The van der Waals surface area contributed by atoms with E-state index in [0.717, 1.165) is 36.0 Å². The van der Waals surface area contributed by atoms with E-state index in [1.54, 1.807) is 36.7 Å². The topological polar surface area (TPSA) is 104 Å². The van der Waals surface area contributed by atoms with Gasteiger partial charge >= 0.3 is 0 Å². The van der Waals surface area contributed by atoms with Gasteiger partial charge in [0.15, 0.2) is 0 Å². The quantitative estimate of drug-likeness (QED) is 0.484. The Morgan fingerprint density at radius 1 is 1.17 bits per heavy atom. The largest absolute Gasteiger partial charge is 0.345 e. The minimum absolute atomic E-state index is 0.154. The van der Waals surface area contributed by atoms with Crippen molar-refractivity contribution in [2.75, 3.05) is 6.54 Å². The van der Waals surface area contributed by atoms with E-state index >= 15 is 0 Å². The molecule has 0 bridgehead atoms. The lowest BCUT2D eigenvalue weighted by atomic mass is 10.1. The summed E-state index contributed by atoms with van der Waals surface area (Å²) in [6, 6.07) is 14.0. The lowest BCUT2D eigenvalue weighted by molar-refractivity contribution is 0.0936. The molecule has 0 radical (unpaired) electrons. The van der Waals surface area contributed by atoms with Crippen LogP contribution in [0.2, 0.25) is 0 Å². The Kier molecular flexibility index (Phi) is 5.96. The number of nitrogens with one attached hydrogen (secondary N) is 3. The summed E-state index contributed by atoms with van der Waals surface area (Å²) in [5.41, 5.74) is 3.59. The zero-order valence-corrected chi connectivity index (χ0v) is 17.3. The Morgan fingerprint density at radius 3 is 2.77 bits per heavy atom. The number of sulfonamides is 1. The van der Waals surface area contributed by atoms with E-state index in [9.17, 15) is 13.2 Å². The van der Waals surface area contributed by atoms with Gasteiger partial charge in [-0.3, -0.25) is 9.89 Å². The third-order valence-corrected chi connectivity index (χ3v) is 6.79. The molecule has 1 unspecified atom stereocenters. The SMILES string of the molecule is O=C(NC1CCc2ccc(S(=O)(=O)NCCCc3cn[nH]c3)cc21)c1ccccc1. The first kappa shape index (κ1) is 20.3. The van der Waals surface area contributed by atoms with Gasteiger partial charge in [0.2, 0.25) is 10.0 Å². The molecule has 0 aliphatic heterocycles. The second kappa shape index (κ2) is 8.81. The van der Waals surface area contributed by atoms with Crippen molar-refractivity contribution in [3.05, 3.63) is 83.2 Å². The van der Waals surface area contributed by atoms with Gasteiger partial charge in [0, 0.05) is 18.3 Å². The number of carbonyl (C=O) groups is 1. The average molecular weight is 425 g/mol. The van der Waals surface area contributed by atoms with E-state index in [2.05, 4.69) is 20.2 Å². The molecule has 0 saturated carbocycles. The van der Waals surface area contributed by atoms with Crippen molar-refractivity contribution in [2.24, 2.45) is 0 Å². The summed E-state index contributed by atoms with van der Waals surface area (Å²) in [7, 11) is -3.61. The first-order chi connectivity index (χ1) is 14.5. The van der Waals surface area contributed by atoms with Crippen molar-refractivity contribution >= 4 is 15.9 Å². The summed E-state index contributed by atoms with van der Waals surface area (Å²) < 4.78 is 28.1. The molecule has 156 valence electrons. The molecule has 1 heterocycles. The molecule has 0 fully saturated rings. The minimum Gasteiger partial charge on any atom is -0.345 e. The molecule has 3 N–H and O–H groups in total. The minimum atomic E-state index is -3.61. The van der Waals surface area contributed by atoms with Gasteiger partial charge in [-0.15, -0.1) is 0 Å². The fraction of sp³-hybridized carbons (Fsp3) is 0.273. The van der Waals surface area contributed by atoms with E-state index in [0.29, 0.717) is 18.5 Å². The second-order valence-corrected chi connectivity index (χ2v) is 9.17. The summed E-state index contributed by atoms with van der Waals surface area (Å²) in [4.78, 5) is 12.7. The Hall–Kier alpha value is -2.97. The smallest absolute Gasteiger partial charge is 0.251 e. The molecule has 0 saturated heterocycles. The normalized spacial score (nSPS) is 15.7. The van der Waals surface area contributed by atoms with E-state index in [-0.39, 0.29) is 16.8 Å². The third kappa shape index (κ3) is 4.60. The first-order valence-electron chi connectivity index (χ1n) is 9.99. The zero-order valence-electron chi connectivity index (χ0n) is 16.5. The van der Waals surface area contributed by atoms with E-state index in [4.69, 9.17) is 0 Å². The van der Waals surface area contributed by atoms with Crippen molar-refractivity contribution in [3.63, 3.8) is 0 Å². The Bertz CT molecular complexity index is 1110. The molecule has 1 aromatic heterocycles. The highest BCUT2D eigenvalue weighted by atomic mass is 32.2. The number of rotatable bonds is 8. The maximum atomic E-state index is 12.7. The van der Waals surface area contributed by atoms with Gasteiger partial charge in [0.25, 0.3) is 5.91 Å². The average Bonchev–Trinajstić information content (AvgIpc) is 3.42. The number of aryl methyl sites for hydroxylation is 2. The fourth-order valence-corrected chi connectivity index (χ4v) is 4.83. The number of amides is 1. The molecule has 1 aliphatic rings. The van der Waals surface area contributed by atoms with E-state index in [1.807, 2.05) is 24.3 Å². The monoisotopic (exact) mass is 424 g/mol. The van der Waals surface area contributed by atoms with Crippen LogP contribution in [-0.4, -0.2) is 31.1 Å². The van der Waals surface area contributed by atoms with Crippen LogP contribution in [-0.2, 0) is 22.9 Å². The maximum Gasteiger partial charge on any atom is 0.251 e. The van der Waals surface area contributed by atoms with Crippen LogP contribution >= 0.6 is 0 Å². The number of carbonyl (C=O) groups excluding carboxylic acids is 1. The first-order valence-corrected chi connectivity index (χ1v) is 11.5. The van der Waals surface area contributed by atoms with Gasteiger partial charge < -0.3 is 5.32 Å². The van der Waals surface area contributed by atoms with Crippen LogP contribution in [0.1, 0.15) is 45.9 Å². The van der Waals surface area contributed by atoms with Crippen molar-refractivity contribution in [3.8, 4) is 0 Å². The lowest BCUT2D eigenvalue weighted by Crippen LogP contribution is -2.28. The highest BCUT2D eigenvalue weighted by Crippen LogP contribution is 2.33. The van der Waals surface area contributed by atoms with Gasteiger partial charge in [-0.2, -0.15) is 5.10 Å². The summed E-state index contributed by atoms with van der Waals surface area (Å²) in [6.45, 7) is 0.346. The van der Waals surface area contributed by atoms with E-state index < -0.39 is 10.0 Å². The molecular weight excluding hydrogens is 400 g/mol. The molecule has 0 spiro atoms. The standard InChI is InChI=1S/C22H24N4O3S/c27-22(18-6-2-1-3-7-18)26-21-11-9-17-8-10-19(13-20(17)21)30(28,29)25-12-4-5-16-14-23-24-15-16/h1-3,6-8,10,13-15,21,25H,4-5,9,11-12H2,(H,23,24)(H,26,27).